The van der Waals surface area contributed by atoms with Crippen molar-refractivity contribution in [2.45, 2.75) is 19.0 Å². The Morgan fingerprint density at radius 1 is 1.11 bits per heavy atom. The van der Waals surface area contributed by atoms with E-state index >= 15 is 0 Å². The molecule has 2 aromatic carbocycles. The molecule has 0 aliphatic carbocycles. The number of carbonyl (C=O) groups excluding carboxylic acids is 3. The first kappa shape index (κ1) is 18.6. The SMILES string of the molecule is CN(Cc1ccccc1F)C(=O)CN1C(=O)N[C@](C)(c2ccccc2)C1=O. The molecule has 6 nitrogen and oxygen atoms in total. The second-order valence-electron chi connectivity index (χ2n) is 6.65. The number of amides is 4. The lowest BCUT2D eigenvalue weighted by Gasteiger charge is -2.23. The van der Waals surface area contributed by atoms with Gasteiger partial charge >= 0.3 is 6.03 Å². The Balaban J connectivity index is 1.72. The lowest BCUT2D eigenvalue weighted by Crippen LogP contribution is -2.43. The van der Waals surface area contributed by atoms with Crippen LogP contribution in [-0.2, 0) is 21.7 Å². The van der Waals surface area contributed by atoms with Crippen molar-refractivity contribution >= 4 is 17.8 Å². The quantitative estimate of drug-likeness (QED) is 0.822. The minimum atomic E-state index is -1.22. The number of hydrogen-bond donors (Lipinski definition) is 1. The average Bonchev–Trinajstić information content (AvgIpc) is 2.88. The Kier molecular flexibility index (Phi) is 4.94. The number of rotatable bonds is 5. The largest absolute Gasteiger partial charge is 0.340 e. The zero-order valence-corrected chi connectivity index (χ0v) is 15.1. The van der Waals surface area contributed by atoms with Crippen LogP contribution in [0.25, 0.3) is 0 Å². The van der Waals surface area contributed by atoms with Crippen LogP contribution >= 0.6 is 0 Å². The van der Waals surface area contributed by atoms with Gasteiger partial charge in [-0.3, -0.25) is 14.5 Å². The highest BCUT2D eigenvalue weighted by atomic mass is 19.1. The summed E-state index contributed by atoms with van der Waals surface area (Å²) in [5.41, 5.74) is -0.222. The van der Waals surface area contributed by atoms with Gasteiger partial charge in [-0.05, 0) is 18.6 Å². The molecule has 1 aliphatic heterocycles. The van der Waals surface area contributed by atoms with Crippen LogP contribution in [0.3, 0.4) is 0 Å². The van der Waals surface area contributed by atoms with Crippen LogP contribution in [0.2, 0.25) is 0 Å². The minimum Gasteiger partial charge on any atom is -0.340 e. The number of nitrogens with one attached hydrogen (secondary N) is 1. The third kappa shape index (κ3) is 3.53. The molecular formula is C20H20FN3O3. The summed E-state index contributed by atoms with van der Waals surface area (Å²) in [5.74, 6) is -1.37. The molecule has 0 unspecified atom stereocenters. The molecule has 1 heterocycles. The van der Waals surface area contributed by atoms with Gasteiger partial charge in [-0.1, -0.05) is 48.5 Å². The van der Waals surface area contributed by atoms with Crippen LogP contribution in [0.5, 0.6) is 0 Å². The minimum absolute atomic E-state index is 0.0467. The van der Waals surface area contributed by atoms with Crippen molar-refractivity contribution < 1.29 is 18.8 Å². The molecule has 140 valence electrons. The molecule has 0 bridgehead atoms. The van der Waals surface area contributed by atoms with Gasteiger partial charge < -0.3 is 10.2 Å². The van der Waals surface area contributed by atoms with E-state index in [0.29, 0.717) is 11.1 Å². The highest BCUT2D eigenvalue weighted by molar-refractivity contribution is 6.09. The lowest BCUT2D eigenvalue weighted by molar-refractivity contribution is -0.138. The van der Waals surface area contributed by atoms with E-state index in [2.05, 4.69) is 5.32 Å². The highest BCUT2D eigenvalue weighted by Gasteiger charge is 2.49. The molecule has 1 aliphatic rings. The normalized spacial score (nSPS) is 19.1. The van der Waals surface area contributed by atoms with Gasteiger partial charge in [-0.15, -0.1) is 0 Å². The van der Waals surface area contributed by atoms with Crippen LogP contribution in [0.4, 0.5) is 9.18 Å². The molecule has 7 heteroatoms. The number of hydrogen-bond acceptors (Lipinski definition) is 3. The van der Waals surface area contributed by atoms with Gasteiger partial charge in [0.1, 0.15) is 17.9 Å². The molecule has 1 fully saturated rings. The first-order valence-corrected chi connectivity index (χ1v) is 8.50. The van der Waals surface area contributed by atoms with E-state index in [-0.39, 0.29) is 6.54 Å². The Hall–Kier alpha value is -3.22. The van der Waals surface area contributed by atoms with Crippen molar-refractivity contribution in [1.29, 1.82) is 0 Å². The van der Waals surface area contributed by atoms with Crippen LogP contribution in [0, 0.1) is 5.82 Å². The number of halogens is 1. The fourth-order valence-corrected chi connectivity index (χ4v) is 3.03. The Labute approximate surface area is 156 Å². The van der Waals surface area contributed by atoms with E-state index in [4.69, 9.17) is 0 Å². The van der Waals surface area contributed by atoms with Crippen LogP contribution in [0.1, 0.15) is 18.1 Å². The summed E-state index contributed by atoms with van der Waals surface area (Å²) < 4.78 is 13.8. The summed E-state index contributed by atoms with van der Waals surface area (Å²) >= 11 is 0. The van der Waals surface area contributed by atoms with Gasteiger partial charge in [0.2, 0.25) is 5.91 Å². The molecule has 0 aromatic heterocycles. The number of urea groups is 1. The lowest BCUT2D eigenvalue weighted by atomic mass is 9.92. The summed E-state index contributed by atoms with van der Waals surface area (Å²) in [6.07, 6.45) is 0. The molecule has 0 spiro atoms. The van der Waals surface area contributed by atoms with E-state index in [0.717, 1.165) is 4.90 Å². The molecule has 27 heavy (non-hydrogen) atoms. The maximum Gasteiger partial charge on any atom is 0.325 e. The van der Waals surface area contributed by atoms with Crippen LogP contribution < -0.4 is 5.32 Å². The maximum absolute atomic E-state index is 13.8. The Bertz CT molecular complexity index is 887. The third-order valence-electron chi connectivity index (χ3n) is 4.71. The molecule has 0 saturated carbocycles. The molecular weight excluding hydrogens is 349 g/mol. The molecule has 4 amide bonds. The molecule has 0 radical (unpaired) electrons. The van der Waals surface area contributed by atoms with Gasteiger partial charge in [0.05, 0.1) is 0 Å². The summed E-state index contributed by atoms with van der Waals surface area (Å²) in [7, 11) is 1.50. The summed E-state index contributed by atoms with van der Waals surface area (Å²) in [6.45, 7) is 1.25. The zero-order valence-electron chi connectivity index (χ0n) is 15.1. The number of likely N-dealkylation sites (N-methyl/N-ethyl adjacent to an activating group) is 1. The van der Waals surface area contributed by atoms with E-state index < -0.39 is 35.7 Å². The number of carbonyl (C=O) groups is 3. The average molecular weight is 369 g/mol. The smallest absolute Gasteiger partial charge is 0.325 e. The second kappa shape index (κ2) is 7.19. The topological polar surface area (TPSA) is 69.7 Å². The Morgan fingerprint density at radius 3 is 2.41 bits per heavy atom. The van der Waals surface area contributed by atoms with Gasteiger partial charge in [0, 0.05) is 19.2 Å². The Morgan fingerprint density at radius 2 is 1.74 bits per heavy atom. The van der Waals surface area contributed by atoms with Crippen molar-refractivity contribution in [3.05, 3.63) is 71.5 Å². The van der Waals surface area contributed by atoms with Gasteiger partial charge in [0.15, 0.2) is 0 Å². The van der Waals surface area contributed by atoms with Crippen LogP contribution in [0.15, 0.2) is 54.6 Å². The molecule has 3 rings (SSSR count). The van der Waals surface area contributed by atoms with Crippen LogP contribution in [-0.4, -0.2) is 41.2 Å². The maximum atomic E-state index is 13.8. The van der Waals surface area contributed by atoms with Crippen molar-refractivity contribution in [3.8, 4) is 0 Å². The zero-order chi connectivity index (χ0) is 19.6. The number of benzene rings is 2. The van der Waals surface area contributed by atoms with Gasteiger partial charge in [0.25, 0.3) is 5.91 Å². The first-order chi connectivity index (χ1) is 12.8. The van der Waals surface area contributed by atoms with E-state index in [9.17, 15) is 18.8 Å². The van der Waals surface area contributed by atoms with E-state index in [1.54, 1.807) is 49.4 Å². The predicted octanol–water partition coefficient (Wildman–Crippen LogP) is 2.25. The highest BCUT2D eigenvalue weighted by Crippen LogP contribution is 2.28. The molecule has 1 saturated heterocycles. The fraction of sp³-hybridized carbons (Fsp3) is 0.250. The van der Waals surface area contributed by atoms with Crippen molar-refractivity contribution in [2.75, 3.05) is 13.6 Å². The summed E-state index contributed by atoms with van der Waals surface area (Å²) in [6, 6.07) is 14.4. The van der Waals surface area contributed by atoms with Crippen molar-refractivity contribution in [2.24, 2.45) is 0 Å². The monoisotopic (exact) mass is 369 g/mol. The first-order valence-electron chi connectivity index (χ1n) is 8.50. The standard InChI is InChI=1S/C20H20FN3O3/c1-20(15-9-4-3-5-10-15)18(26)24(19(27)22-20)13-17(25)23(2)12-14-8-6-7-11-16(14)21/h3-11H,12-13H2,1-2H3,(H,22,27)/t20-/m1/s1. The van der Waals surface area contributed by atoms with Gasteiger partial charge in [-0.2, -0.15) is 0 Å². The molecule has 1 atom stereocenters. The molecule has 1 N–H and O–H groups in total. The number of imide groups is 1. The van der Waals surface area contributed by atoms with Gasteiger partial charge in [-0.25, -0.2) is 9.18 Å². The van der Waals surface area contributed by atoms with Crippen molar-refractivity contribution in [1.82, 2.24) is 15.1 Å². The summed E-state index contributed by atoms with van der Waals surface area (Å²) in [5, 5.41) is 2.66. The molecule has 2 aromatic rings. The third-order valence-corrected chi connectivity index (χ3v) is 4.71. The summed E-state index contributed by atoms with van der Waals surface area (Å²) in [4.78, 5) is 39.8. The van der Waals surface area contributed by atoms with E-state index in [1.807, 2.05) is 6.07 Å². The number of nitrogens with zero attached hydrogens (tertiary/aromatic N) is 2. The fourth-order valence-electron chi connectivity index (χ4n) is 3.03. The second-order valence-corrected chi connectivity index (χ2v) is 6.65. The van der Waals surface area contributed by atoms with Crippen molar-refractivity contribution in [3.63, 3.8) is 0 Å². The predicted molar refractivity (Wildman–Crippen MR) is 96.9 cm³/mol. The van der Waals surface area contributed by atoms with E-state index in [1.165, 1.54) is 18.0 Å².